The molecule has 3 nitrogen and oxygen atoms in total. The van der Waals surface area contributed by atoms with Gasteiger partial charge in [0.05, 0.1) is 11.4 Å². The maximum atomic E-state index is 12.6. The number of halogens is 1. The number of rotatable bonds is 2. The van der Waals surface area contributed by atoms with Crippen LogP contribution >= 0.6 is 0 Å². The summed E-state index contributed by atoms with van der Waals surface area (Å²) in [6.07, 6.45) is 6.98. The van der Waals surface area contributed by atoms with Gasteiger partial charge < -0.3 is 0 Å². The number of hydrazone groups is 1. The van der Waals surface area contributed by atoms with Gasteiger partial charge in [-0.2, -0.15) is 5.10 Å². The average molecular weight is 215 g/mol. The van der Waals surface area contributed by atoms with Gasteiger partial charge in [0.15, 0.2) is 0 Å². The van der Waals surface area contributed by atoms with Crippen LogP contribution in [0.15, 0.2) is 53.7 Å². The lowest BCUT2D eigenvalue weighted by molar-refractivity contribution is 0.628. The van der Waals surface area contributed by atoms with Crippen LogP contribution in [0, 0.1) is 11.2 Å². The molecule has 2 N–H and O–H groups in total. The molecule has 16 heavy (non-hydrogen) atoms. The lowest BCUT2D eigenvalue weighted by Gasteiger charge is -2.04. The summed E-state index contributed by atoms with van der Waals surface area (Å²) in [7, 11) is 0. The van der Waals surface area contributed by atoms with Crippen LogP contribution in [-0.4, -0.2) is 11.4 Å². The van der Waals surface area contributed by atoms with Crippen molar-refractivity contribution in [1.82, 2.24) is 0 Å². The third kappa shape index (κ3) is 2.42. The van der Waals surface area contributed by atoms with Crippen LogP contribution in [0.2, 0.25) is 0 Å². The highest BCUT2D eigenvalue weighted by atomic mass is 19.1. The number of allylic oxidation sites excluding steroid dienone is 4. The predicted octanol–water partition coefficient (Wildman–Crippen LogP) is 2.74. The number of anilines is 1. The van der Waals surface area contributed by atoms with Gasteiger partial charge in [-0.15, -0.1) is 0 Å². The molecule has 4 heteroatoms. The molecule has 0 fully saturated rings. The van der Waals surface area contributed by atoms with Crippen LogP contribution in [-0.2, 0) is 0 Å². The molecule has 2 rings (SSSR count). The average Bonchev–Trinajstić information content (AvgIpc) is 2.30. The summed E-state index contributed by atoms with van der Waals surface area (Å²) in [5.74, 6) is -0.286. The third-order valence-electron chi connectivity index (χ3n) is 2.05. The molecule has 0 aliphatic heterocycles. The van der Waals surface area contributed by atoms with Gasteiger partial charge in [0.2, 0.25) is 0 Å². The topological polar surface area (TPSA) is 48.2 Å². The summed E-state index contributed by atoms with van der Waals surface area (Å²) in [6.45, 7) is 0. The van der Waals surface area contributed by atoms with Gasteiger partial charge in [-0.25, -0.2) is 4.39 Å². The Hall–Kier alpha value is -2.23. The summed E-state index contributed by atoms with van der Waals surface area (Å²) < 4.78 is 12.6. The second kappa shape index (κ2) is 4.53. The molecule has 80 valence electrons. The summed E-state index contributed by atoms with van der Waals surface area (Å²) in [6, 6.07) is 5.88. The van der Waals surface area contributed by atoms with Crippen molar-refractivity contribution in [2.45, 2.75) is 0 Å². The molecule has 0 amide bonds. The largest absolute Gasteiger partial charge is 0.299 e. The fourth-order valence-electron chi connectivity index (χ4n) is 1.22. The SMILES string of the molecule is N=C1C=CC=C/C1=N/Nc1ccc(F)cc1. The summed E-state index contributed by atoms with van der Waals surface area (Å²) in [5.41, 5.74) is 4.34. The Kier molecular flexibility index (Phi) is 2.91. The van der Waals surface area contributed by atoms with Crippen LogP contribution in [0.25, 0.3) is 0 Å². The van der Waals surface area contributed by atoms with Crippen molar-refractivity contribution in [3.8, 4) is 0 Å². The first-order chi connectivity index (χ1) is 7.75. The molecule has 0 heterocycles. The van der Waals surface area contributed by atoms with E-state index in [4.69, 9.17) is 5.41 Å². The normalized spacial score (nSPS) is 16.8. The molecule has 0 aromatic heterocycles. The first-order valence-corrected chi connectivity index (χ1v) is 4.78. The fourth-order valence-corrected chi connectivity index (χ4v) is 1.22. The van der Waals surface area contributed by atoms with Gasteiger partial charge in [0, 0.05) is 0 Å². The van der Waals surface area contributed by atoms with Crippen LogP contribution in [0.5, 0.6) is 0 Å². The Balaban J connectivity index is 2.09. The second-order valence-electron chi connectivity index (χ2n) is 3.25. The Morgan fingerprint density at radius 2 is 1.75 bits per heavy atom. The zero-order valence-corrected chi connectivity index (χ0v) is 8.44. The Bertz CT molecular complexity index is 483. The standard InChI is InChI=1S/C12H10FN3/c13-9-5-7-10(8-6-9)15-16-12-4-2-1-3-11(12)14/h1-8,14-15H/b14-11?,16-12-. The van der Waals surface area contributed by atoms with Gasteiger partial charge in [-0.3, -0.25) is 10.8 Å². The van der Waals surface area contributed by atoms with Crippen LogP contribution in [0.4, 0.5) is 10.1 Å². The lowest BCUT2D eigenvalue weighted by atomic mass is 10.1. The molecular weight excluding hydrogens is 205 g/mol. The highest BCUT2D eigenvalue weighted by Crippen LogP contribution is 2.08. The van der Waals surface area contributed by atoms with E-state index in [0.29, 0.717) is 17.1 Å². The molecule has 0 bridgehead atoms. The van der Waals surface area contributed by atoms with Crippen molar-refractivity contribution in [1.29, 1.82) is 5.41 Å². The van der Waals surface area contributed by atoms with Crippen molar-refractivity contribution < 1.29 is 4.39 Å². The molecule has 1 aliphatic rings. The first-order valence-electron chi connectivity index (χ1n) is 4.78. The molecule has 0 spiro atoms. The predicted molar refractivity (Wildman–Crippen MR) is 63.5 cm³/mol. The van der Waals surface area contributed by atoms with Crippen molar-refractivity contribution in [3.63, 3.8) is 0 Å². The minimum Gasteiger partial charge on any atom is -0.299 e. The molecular formula is C12H10FN3. The summed E-state index contributed by atoms with van der Waals surface area (Å²) in [4.78, 5) is 0. The van der Waals surface area contributed by atoms with E-state index in [1.807, 2.05) is 6.08 Å². The Morgan fingerprint density at radius 1 is 1.06 bits per heavy atom. The molecule has 1 aromatic rings. The quantitative estimate of drug-likeness (QED) is 0.578. The van der Waals surface area contributed by atoms with Crippen molar-refractivity contribution in [3.05, 3.63) is 54.4 Å². The monoisotopic (exact) mass is 215 g/mol. The second-order valence-corrected chi connectivity index (χ2v) is 3.25. The Labute approximate surface area is 92.5 Å². The summed E-state index contributed by atoms with van der Waals surface area (Å²) >= 11 is 0. The maximum Gasteiger partial charge on any atom is 0.123 e. The van der Waals surface area contributed by atoms with E-state index in [1.54, 1.807) is 30.4 Å². The minimum absolute atomic E-state index is 0.286. The molecule has 1 aromatic carbocycles. The highest BCUT2D eigenvalue weighted by Gasteiger charge is 2.02. The number of nitrogens with zero attached hydrogens (tertiary/aromatic N) is 1. The van der Waals surface area contributed by atoms with E-state index in [2.05, 4.69) is 10.5 Å². The van der Waals surface area contributed by atoms with Gasteiger partial charge in [-0.05, 0) is 36.4 Å². The molecule has 0 radical (unpaired) electrons. The van der Waals surface area contributed by atoms with Gasteiger partial charge in [0.1, 0.15) is 11.5 Å². The zero-order chi connectivity index (χ0) is 11.4. The summed E-state index contributed by atoms with van der Waals surface area (Å²) in [5, 5.41) is 11.6. The van der Waals surface area contributed by atoms with Gasteiger partial charge in [-0.1, -0.05) is 12.2 Å². The highest BCUT2D eigenvalue weighted by molar-refractivity contribution is 6.50. The van der Waals surface area contributed by atoms with Crippen LogP contribution in [0.1, 0.15) is 0 Å². The lowest BCUT2D eigenvalue weighted by Crippen LogP contribution is -2.11. The Morgan fingerprint density at radius 3 is 2.44 bits per heavy atom. The molecule has 0 atom stereocenters. The minimum atomic E-state index is -0.286. The van der Waals surface area contributed by atoms with Crippen LogP contribution in [0.3, 0.4) is 0 Å². The van der Waals surface area contributed by atoms with Crippen LogP contribution < -0.4 is 5.43 Å². The fraction of sp³-hybridized carbons (Fsp3) is 0. The third-order valence-corrected chi connectivity index (χ3v) is 2.05. The smallest absolute Gasteiger partial charge is 0.123 e. The van der Waals surface area contributed by atoms with E-state index in [0.717, 1.165) is 0 Å². The number of nitrogens with one attached hydrogen (secondary N) is 2. The molecule has 1 aliphatic carbocycles. The van der Waals surface area contributed by atoms with Crippen molar-refractivity contribution >= 4 is 17.1 Å². The zero-order valence-electron chi connectivity index (χ0n) is 8.44. The van der Waals surface area contributed by atoms with Gasteiger partial charge in [0.25, 0.3) is 0 Å². The molecule has 0 saturated carbocycles. The molecule has 0 saturated heterocycles. The van der Waals surface area contributed by atoms with Crippen molar-refractivity contribution in [2.75, 3.05) is 5.43 Å². The first kappa shape index (κ1) is 10.3. The number of hydrogen-bond acceptors (Lipinski definition) is 3. The van der Waals surface area contributed by atoms with Crippen molar-refractivity contribution in [2.24, 2.45) is 5.10 Å². The maximum absolute atomic E-state index is 12.6. The molecule has 0 unspecified atom stereocenters. The van der Waals surface area contributed by atoms with E-state index in [-0.39, 0.29) is 5.82 Å². The van der Waals surface area contributed by atoms with E-state index < -0.39 is 0 Å². The number of hydrogen-bond donors (Lipinski definition) is 2. The van der Waals surface area contributed by atoms with E-state index >= 15 is 0 Å². The van der Waals surface area contributed by atoms with E-state index in [1.165, 1.54) is 12.1 Å². The van der Waals surface area contributed by atoms with E-state index in [9.17, 15) is 4.39 Å². The van der Waals surface area contributed by atoms with Gasteiger partial charge >= 0.3 is 0 Å². The number of benzene rings is 1.